The molecule has 3 N–H and O–H groups in total. The average molecular weight is 294 g/mol. The van der Waals surface area contributed by atoms with Gasteiger partial charge in [-0.2, -0.15) is 0 Å². The van der Waals surface area contributed by atoms with Crippen LogP contribution in [0.25, 0.3) is 0 Å². The van der Waals surface area contributed by atoms with E-state index in [0.29, 0.717) is 44.0 Å². The molecule has 1 rings (SSSR count). The van der Waals surface area contributed by atoms with E-state index in [0.717, 1.165) is 12.0 Å². The monoisotopic (exact) mass is 294 g/mol. The van der Waals surface area contributed by atoms with Gasteiger partial charge in [0.1, 0.15) is 5.75 Å². The van der Waals surface area contributed by atoms with E-state index >= 15 is 0 Å². The van der Waals surface area contributed by atoms with Gasteiger partial charge in [0, 0.05) is 19.5 Å². The summed E-state index contributed by atoms with van der Waals surface area (Å²) in [5, 5.41) is 8.92. The molecule has 5 heteroatoms. The molecule has 0 aliphatic carbocycles. The molecule has 0 aliphatic rings. The number of aliphatic hydroxyl groups is 1. The zero-order valence-corrected chi connectivity index (χ0v) is 13.0. The normalized spacial score (nSPS) is 10.4. The molecule has 21 heavy (non-hydrogen) atoms. The van der Waals surface area contributed by atoms with E-state index in [1.54, 1.807) is 4.90 Å². The third-order valence-electron chi connectivity index (χ3n) is 3.27. The van der Waals surface area contributed by atoms with Gasteiger partial charge in [-0.3, -0.25) is 4.79 Å². The zero-order valence-electron chi connectivity index (χ0n) is 13.0. The Labute approximate surface area is 126 Å². The lowest BCUT2D eigenvalue weighted by atomic mass is 10.1. The summed E-state index contributed by atoms with van der Waals surface area (Å²) < 4.78 is 5.53. The van der Waals surface area contributed by atoms with Crippen LogP contribution in [0.1, 0.15) is 32.3 Å². The molecule has 0 spiro atoms. The Bertz CT molecular complexity index is 449. The van der Waals surface area contributed by atoms with Gasteiger partial charge in [-0.25, -0.2) is 0 Å². The van der Waals surface area contributed by atoms with Gasteiger partial charge in [-0.05, 0) is 37.5 Å². The van der Waals surface area contributed by atoms with E-state index in [4.69, 9.17) is 15.6 Å². The summed E-state index contributed by atoms with van der Waals surface area (Å²) in [5.41, 5.74) is 7.57. The molecule has 0 atom stereocenters. The number of aryl methyl sites for hydroxylation is 1. The summed E-state index contributed by atoms with van der Waals surface area (Å²) in [6, 6.07) is 5.66. The molecule has 0 fully saturated rings. The van der Waals surface area contributed by atoms with E-state index in [2.05, 4.69) is 0 Å². The van der Waals surface area contributed by atoms with Crippen LogP contribution in [0.2, 0.25) is 0 Å². The molecule has 0 aliphatic heterocycles. The Morgan fingerprint density at radius 2 is 2.14 bits per heavy atom. The van der Waals surface area contributed by atoms with Crippen molar-refractivity contribution in [1.29, 1.82) is 0 Å². The summed E-state index contributed by atoms with van der Waals surface area (Å²) in [5.74, 6) is 0.749. The van der Waals surface area contributed by atoms with Crippen molar-refractivity contribution in [3.8, 4) is 5.75 Å². The topological polar surface area (TPSA) is 75.8 Å². The van der Waals surface area contributed by atoms with Crippen LogP contribution in [-0.2, 0) is 11.2 Å². The predicted molar refractivity (Wildman–Crippen MR) is 84.3 cm³/mol. The molecule has 118 valence electrons. The van der Waals surface area contributed by atoms with Crippen molar-refractivity contribution in [2.45, 2.75) is 33.1 Å². The highest BCUT2D eigenvalue weighted by molar-refractivity contribution is 5.76. The van der Waals surface area contributed by atoms with Gasteiger partial charge in [0.05, 0.1) is 18.9 Å². The van der Waals surface area contributed by atoms with E-state index in [-0.39, 0.29) is 12.5 Å². The molecule has 0 saturated heterocycles. The Balaban J connectivity index is 2.55. The van der Waals surface area contributed by atoms with Gasteiger partial charge in [0.2, 0.25) is 5.91 Å². The van der Waals surface area contributed by atoms with Crippen LogP contribution in [-0.4, -0.2) is 42.2 Å². The van der Waals surface area contributed by atoms with Crippen molar-refractivity contribution in [2.75, 3.05) is 32.0 Å². The van der Waals surface area contributed by atoms with Gasteiger partial charge in [0.25, 0.3) is 0 Å². The molecule has 1 amide bonds. The van der Waals surface area contributed by atoms with E-state index in [1.807, 2.05) is 32.0 Å². The largest absolute Gasteiger partial charge is 0.491 e. The Hall–Kier alpha value is -1.75. The lowest BCUT2D eigenvalue weighted by Crippen LogP contribution is -2.33. The van der Waals surface area contributed by atoms with Crippen LogP contribution in [0.15, 0.2) is 18.2 Å². The van der Waals surface area contributed by atoms with Crippen LogP contribution in [0.3, 0.4) is 0 Å². The highest BCUT2D eigenvalue weighted by Gasteiger charge is 2.11. The summed E-state index contributed by atoms with van der Waals surface area (Å²) >= 11 is 0. The third-order valence-corrected chi connectivity index (χ3v) is 3.27. The number of nitrogens with zero attached hydrogens (tertiary/aromatic N) is 1. The first-order chi connectivity index (χ1) is 10.1. The number of benzene rings is 1. The number of likely N-dealkylation sites (N-methyl/N-ethyl adjacent to an activating group) is 1. The summed E-state index contributed by atoms with van der Waals surface area (Å²) in [4.78, 5) is 13.6. The number of nitrogen functional groups attached to an aromatic ring is 1. The maximum absolute atomic E-state index is 12.0. The quantitative estimate of drug-likeness (QED) is 0.681. The molecule has 1 aromatic carbocycles. The maximum Gasteiger partial charge on any atom is 0.222 e. The predicted octanol–water partition coefficient (Wildman–Crippen LogP) is 1.83. The first-order valence-corrected chi connectivity index (χ1v) is 7.52. The molecule has 5 nitrogen and oxygen atoms in total. The summed E-state index contributed by atoms with van der Waals surface area (Å²) in [6.45, 7) is 5.60. The molecule has 0 unspecified atom stereocenters. The van der Waals surface area contributed by atoms with Crippen molar-refractivity contribution >= 4 is 11.6 Å². The van der Waals surface area contributed by atoms with Gasteiger partial charge < -0.3 is 20.5 Å². The lowest BCUT2D eigenvalue weighted by molar-refractivity contribution is -0.131. The number of aliphatic hydroxyl groups excluding tert-OH is 1. The number of hydrogen-bond acceptors (Lipinski definition) is 4. The first-order valence-electron chi connectivity index (χ1n) is 7.52. The SMILES string of the molecule is CCCOc1ccc(CCC(=O)N(CC)CCO)cc1N. The molecular formula is C16H26N2O3. The minimum Gasteiger partial charge on any atom is -0.491 e. The third kappa shape index (κ3) is 5.63. The van der Waals surface area contributed by atoms with E-state index in [1.165, 1.54) is 0 Å². The van der Waals surface area contributed by atoms with Crippen molar-refractivity contribution in [1.82, 2.24) is 4.90 Å². The van der Waals surface area contributed by atoms with Gasteiger partial charge >= 0.3 is 0 Å². The van der Waals surface area contributed by atoms with Crippen molar-refractivity contribution in [3.05, 3.63) is 23.8 Å². The smallest absolute Gasteiger partial charge is 0.222 e. The highest BCUT2D eigenvalue weighted by atomic mass is 16.5. The van der Waals surface area contributed by atoms with Gasteiger partial charge in [0.15, 0.2) is 0 Å². The highest BCUT2D eigenvalue weighted by Crippen LogP contribution is 2.23. The Morgan fingerprint density at radius 1 is 1.38 bits per heavy atom. The van der Waals surface area contributed by atoms with Crippen LogP contribution < -0.4 is 10.5 Å². The average Bonchev–Trinajstić information content (AvgIpc) is 2.49. The summed E-state index contributed by atoms with van der Waals surface area (Å²) in [6.07, 6.45) is 1.99. The second-order valence-electron chi connectivity index (χ2n) is 4.92. The second-order valence-corrected chi connectivity index (χ2v) is 4.92. The number of carbonyl (C=O) groups excluding carboxylic acids is 1. The molecule has 0 aromatic heterocycles. The molecule has 0 saturated carbocycles. The Morgan fingerprint density at radius 3 is 2.71 bits per heavy atom. The maximum atomic E-state index is 12.0. The lowest BCUT2D eigenvalue weighted by Gasteiger charge is -2.19. The van der Waals surface area contributed by atoms with Crippen LogP contribution >= 0.6 is 0 Å². The number of rotatable bonds is 9. The van der Waals surface area contributed by atoms with Crippen molar-refractivity contribution in [3.63, 3.8) is 0 Å². The van der Waals surface area contributed by atoms with Gasteiger partial charge in [-0.15, -0.1) is 0 Å². The number of hydrogen-bond donors (Lipinski definition) is 2. The second kappa shape index (κ2) is 9.23. The van der Waals surface area contributed by atoms with Crippen LogP contribution in [0.5, 0.6) is 5.75 Å². The molecule has 0 heterocycles. The fourth-order valence-corrected chi connectivity index (χ4v) is 2.09. The minimum atomic E-state index is -0.00398. The van der Waals surface area contributed by atoms with Crippen molar-refractivity contribution < 1.29 is 14.6 Å². The van der Waals surface area contributed by atoms with E-state index in [9.17, 15) is 4.79 Å². The fourth-order valence-electron chi connectivity index (χ4n) is 2.09. The van der Waals surface area contributed by atoms with Crippen molar-refractivity contribution in [2.24, 2.45) is 0 Å². The number of carbonyl (C=O) groups is 1. The molecule has 0 bridgehead atoms. The van der Waals surface area contributed by atoms with Crippen LogP contribution in [0.4, 0.5) is 5.69 Å². The number of nitrogens with two attached hydrogens (primary N) is 1. The number of anilines is 1. The Kier molecular flexibility index (Phi) is 7.61. The number of amides is 1. The zero-order chi connectivity index (χ0) is 15.7. The molecule has 1 aromatic rings. The standard InChI is InChI=1S/C16H26N2O3/c1-3-11-21-15-7-5-13(12-14(15)17)6-8-16(20)18(4-2)9-10-19/h5,7,12,19H,3-4,6,8-11,17H2,1-2H3. The minimum absolute atomic E-state index is 0.00398. The summed E-state index contributed by atoms with van der Waals surface area (Å²) in [7, 11) is 0. The van der Waals surface area contributed by atoms with Crippen LogP contribution in [0, 0.1) is 0 Å². The number of ether oxygens (including phenoxy) is 1. The molecular weight excluding hydrogens is 268 g/mol. The fraction of sp³-hybridized carbons (Fsp3) is 0.562. The first kappa shape index (κ1) is 17.3. The molecule has 0 radical (unpaired) electrons. The van der Waals surface area contributed by atoms with E-state index < -0.39 is 0 Å². The van der Waals surface area contributed by atoms with Gasteiger partial charge in [-0.1, -0.05) is 13.0 Å².